The Kier molecular flexibility index (Phi) is 5.53. The van der Waals surface area contributed by atoms with E-state index in [4.69, 9.17) is 21.4 Å². The maximum absolute atomic E-state index is 12.1. The van der Waals surface area contributed by atoms with Crippen molar-refractivity contribution in [2.45, 2.75) is 38.0 Å². The number of benzene rings is 2. The van der Waals surface area contributed by atoms with Crippen molar-refractivity contribution in [3.8, 4) is 5.75 Å². The molecule has 2 aliphatic rings. The molecule has 5 rings (SSSR count). The van der Waals surface area contributed by atoms with Gasteiger partial charge in [-0.3, -0.25) is 14.9 Å². The maximum Gasteiger partial charge on any atom is 0.176 e. The Morgan fingerprint density at radius 1 is 1.19 bits per heavy atom. The SMILES string of the molecule is COc1ccccc1Cc1n[nH]c(CN2N=C(c3ccc(Cl)cc3)N(C3CC3)C2C=O)n1. The predicted octanol–water partition coefficient (Wildman–Crippen LogP) is 3.22. The fourth-order valence-corrected chi connectivity index (χ4v) is 4.10. The summed E-state index contributed by atoms with van der Waals surface area (Å²) in [5.74, 6) is 2.90. The Morgan fingerprint density at radius 2 is 1.97 bits per heavy atom. The van der Waals surface area contributed by atoms with Crippen LogP contribution in [0.3, 0.4) is 0 Å². The second kappa shape index (κ2) is 8.63. The smallest absolute Gasteiger partial charge is 0.176 e. The van der Waals surface area contributed by atoms with Crippen LogP contribution in [0.2, 0.25) is 5.02 Å². The van der Waals surface area contributed by atoms with Gasteiger partial charge in [0.05, 0.1) is 13.7 Å². The predicted molar refractivity (Wildman–Crippen MR) is 120 cm³/mol. The molecule has 9 heteroatoms. The van der Waals surface area contributed by atoms with Crippen LogP contribution in [0.5, 0.6) is 5.75 Å². The van der Waals surface area contributed by atoms with Gasteiger partial charge in [-0.1, -0.05) is 29.8 Å². The second-order valence-corrected chi connectivity index (χ2v) is 8.34. The number of hydrazone groups is 1. The summed E-state index contributed by atoms with van der Waals surface area (Å²) in [5.41, 5.74) is 1.94. The van der Waals surface area contributed by atoms with E-state index in [1.807, 2.05) is 48.5 Å². The summed E-state index contributed by atoms with van der Waals surface area (Å²) < 4.78 is 5.42. The topological polar surface area (TPSA) is 86.7 Å². The summed E-state index contributed by atoms with van der Waals surface area (Å²) >= 11 is 6.05. The van der Waals surface area contributed by atoms with Gasteiger partial charge in [0.15, 0.2) is 24.1 Å². The largest absolute Gasteiger partial charge is 0.496 e. The molecular formula is C23H23ClN6O2. The average molecular weight is 451 g/mol. The van der Waals surface area contributed by atoms with Gasteiger partial charge in [0.1, 0.15) is 11.6 Å². The number of hydrogen-bond donors (Lipinski definition) is 1. The second-order valence-electron chi connectivity index (χ2n) is 7.90. The Labute approximate surface area is 190 Å². The van der Waals surface area contributed by atoms with Gasteiger partial charge in [-0.15, -0.1) is 0 Å². The summed E-state index contributed by atoms with van der Waals surface area (Å²) in [4.78, 5) is 18.8. The Balaban J connectivity index is 1.37. The van der Waals surface area contributed by atoms with Crippen molar-refractivity contribution in [2.24, 2.45) is 5.10 Å². The normalized spacial score (nSPS) is 18.1. The fraction of sp³-hybridized carbons (Fsp3) is 0.304. The number of methoxy groups -OCH3 is 1. The number of aromatic nitrogens is 3. The van der Waals surface area contributed by atoms with E-state index in [0.717, 1.165) is 41.8 Å². The van der Waals surface area contributed by atoms with E-state index in [1.165, 1.54) is 0 Å². The zero-order valence-corrected chi connectivity index (χ0v) is 18.4. The third-order valence-electron chi connectivity index (χ3n) is 5.65. The van der Waals surface area contributed by atoms with E-state index in [9.17, 15) is 4.79 Å². The van der Waals surface area contributed by atoms with Gasteiger partial charge in [0, 0.05) is 28.6 Å². The number of nitrogens with zero attached hydrogens (tertiary/aromatic N) is 5. The standard InChI is InChI=1S/C23H23ClN6O2/c1-32-19-5-3-2-4-16(19)12-20-25-21(27-26-20)13-29-22(14-31)30(18-10-11-18)23(28-29)15-6-8-17(24)9-7-15/h2-9,14,18,22H,10-13H2,1H3,(H,25,26,27). The zero-order valence-electron chi connectivity index (χ0n) is 17.6. The van der Waals surface area contributed by atoms with E-state index in [1.54, 1.807) is 12.1 Å². The molecule has 8 nitrogen and oxygen atoms in total. The molecule has 164 valence electrons. The number of halogens is 1. The maximum atomic E-state index is 12.1. The quantitative estimate of drug-likeness (QED) is 0.530. The lowest BCUT2D eigenvalue weighted by atomic mass is 10.1. The number of amidine groups is 1. The minimum Gasteiger partial charge on any atom is -0.496 e. The average Bonchev–Trinajstić information content (AvgIpc) is 3.46. The van der Waals surface area contributed by atoms with E-state index >= 15 is 0 Å². The van der Waals surface area contributed by atoms with Crippen molar-refractivity contribution >= 4 is 23.7 Å². The van der Waals surface area contributed by atoms with Crippen LogP contribution in [0, 0.1) is 0 Å². The Hall–Kier alpha value is -3.39. The number of ether oxygens (including phenoxy) is 1. The van der Waals surface area contributed by atoms with Gasteiger partial charge >= 0.3 is 0 Å². The van der Waals surface area contributed by atoms with Crippen LogP contribution in [0.1, 0.15) is 35.6 Å². The number of carbonyl (C=O) groups is 1. The molecule has 1 saturated carbocycles. The molecule has 1 fully saturated rings. The minimum absolute atomic E-state index is 0.320. The number of nitrogens with one attached hydrogen (secondary N) is 1. The summed E-state index contributed by atoms with van der Waals surface area (Å²) in [6.07, 6.45) is 3.12. The summed E-state index contributed by atoms with van der Waals surface area (Å²) in [6, 6.07) is 15.7. The first-order valence-electron chi connectivity index (χ1n) is 10.5. The van der Waals surface area contributed by atoms with E-state index < -0.39 is 6.17 Å². The van der Waals surface area contributed by atoms with Gasteiger partial charge < -0.3 is 9.64 Å². The van der Waals surface area contributed by atoms with Crippen LogP contribution in [-0.2, 0) is 17.8 Å². The molecular weight excluding hydrogens is 428 g/mol. The van der Waals surface area contributed by atoms with Gasteiger partial charge in [0.2, 0.25) is 0 Å². The molecule has 0 spiro atoms. The molecule has 2 heterocycles. The van der Waals surface area contributed by atoms with Gasteiger partial charge in [-0.25, -0.2) is 4.98 Å². The molecule has 0 amide bonds. The summed E-state index contributed by atoms with van der Waals surface area (Å²) in [6.45, 7) is 0.350. The van der Waals surface area contributed by atoms with Crippen LogP contribution in [0.15, 0.2) is 53.6 Å². The number of para-hydroxylation sites is 1. The Morgan fingerprint density at radius 3 is 2.69 bits per heavy atom. The number of carbonyl (C=O) groups excluding carboxylic acids is 1. The molecule has 0 bridgehead atoms. The third-order valence-corrected chi connectivity index (χ3v) is 5.91. The van der Waals surface area contributed by atoms with Crippen molar-refractivity contribution < 1.29 is 9.53 Å². The lowest BCUT2D eigenvalue weighted by Crippen LogP contribution is -2.44. The molecule has 1 atom stereocenters. The van der Waals surface area contributed by atoms with E-state index in [2.05, 4.69) is 20.1 Å². The lowest BCUT2D eigenvalue weighted by Gasteiger charge is -2.27. The van der Waals surface area contributed by atoms with Crippen LogP contribution < -0.4 is 4.74 Å². The van der Waals surface area contributed by atoms with Crippen molar-refractivity contribution in [1.29, 1.82) is 0 Å². The van der Waals surface area contributed by atoms with Crippen LogP contribution in [-0.4, -0.2) is 56.5 Å². The van der Waals surface area contributed by atoms with Crippen molar-refractivity contribution in [2.75, 3.05) is 7.11 Å². The molecule has 1 aliphatic heterocycles. The molecule has 1 N–H and O–H groups in total. The Bertz CT molecular complexity index is 1140. The number of H-pyrrole nitrogens is 1. The highest BCUT2D eigenvalue weighted by atomic mass is 35.5. The van der Waals surface area contributed by atoms with Crippen LogP contribution in [0.25, 0.3) is 0 Å². The number of rotatable bonds is 8. The summed E-state index contributed by atoms with van der Waals surface area (Å²) in [5, 5.41) is 14.6. The first kappa shape index (κ1) is 20.5. The fourth-order valence-electron chi connectivity index (χ4n) is 3.97. The molecule has 1 aromatic heterocycles. The van der Waals surface area contributed by atoms with Gasteiger partial charge in [0.25, 0.3) is 0 Å². The number of aromatic amines is 1. The first-order valence-corrected chi connectivity index (χ1v) is 10.9. The summed E-state index contributed by atoms with van der Waals surface area (Å²) in [7, 11) is 1.65. The highest BCUT2D eigenvalue weighted by molar-refractivity contribution is 6.30. The molecule has 1 unspecified atom stereocenters. The molecule has 3 aromatic rings. The van der Waals surface area contributed by atoms with Crippen LogP contribution in [0.4, 0.5) is 0 Å². The van der Waals surface area contributed by atoms with Crippen molar-refractivity contribution in [1.82, 2.24) is 25.1 Å². The van der Waals surface area contributed by atoms with E-state index in [-0.39, 0.29) is 0 Å². The zero-order chi connectivity index (χ0) is 22.1. The molecule has 0 radical (unpaired) electrons. The first-order chi connectivity index (χ1) is 15.7. The number of aldehydes is 1. The minimum atomic E-state index is -0.476. The van der Waals surface area contributed by atoms with Crippen LogP contribution >= 0.6 is 11.6 Å². The molecule has 0 saturated heterocycles. The van der Waals surface area contributed by atoms with Crippen molar-refractivity contribution in [3.63, 3.8) is 0 Å². The molecule has 32 heavy (non-hydrogen) atoms. The van der Waals surface area contributed by atoms with Crippen molar-refractivity contribution in [3.05, 3.63) is 76.3 Å². The lowest BCUT2D eigenvalue weighted by molar-refractivity contribution is -0.115. The van der Waals surface area contributed by atoms with Gasteiger partial charge in [-0.05, 0) is 43.2 Å². The third kappa shape index (κ3) is 4.05. The van der Waals surface area contributed by atoms with E-state index in [0.29, 0.717) is 35.7 Å². The highest BCUT2D eigenvalue weighted by Crippen LogP contribution is 2.35. The van der Waals surface area contributed by atoms with Gasteiger partial charge in [-0.2, -0.15) is 10.2 Å². The number of hydrogen-bond acceptors (Lipinski definition) is 7. The molecule has 1 aliphatic carbocycles. The molecule has 2 aromatic carbocycles. The highest BCUT2D eigenvalue weighted by Gasteiger charge is 2.43. The monoisotopic (exact) mass is 450 g/mol.